The van der Waals surface area contributed by atoms with Crippen LogP contribution in [0.25, 0.3) is 11.1 Å². The average Bonchev–Trinajstić information content (AvgIpc) is 2.96. The number of benzene rings is 2. The van der Waals surface area contributed by atoms with Crippen LogP contribution >= 0.6 is 0 Å². The van der Waals surface area contributed by atoms with Gasteiger partial charge in [-0.2, -0.15) is 0 Å². The zero-order chi connectivity index (χ0) is 19.0. The molecule has 4 rings (SSSR count). The van der Waals surface area contributed by atoms with Gasteiger partial charge in [-0.05, 0) is 48.4 Å². The van der Waals surface area contributed by atoms with E-state index in [1.165, 1.54) is 16.0 Å². The van der Waals surface area contributed by atoms with Gasteiger partial charge in [0.25, 0.3) is 0 Å². The summed E-state index contributed by atoms with van der Waals surface area (Å²) >= 11 is 0. The van der Waals surface area contributed by atoms with Gasteiger partial charge >= 0.3 is 12.1 Å². The molecule has 5 nitrogen and oxygen atoms in total. The van der Waals surface area contributed by atoms with Gasteiger partial charge in [0.15, 0.2) is 0 Å². The Hall–Kier alpha value is -2.82. The van der Waals surface area contributed by atoms with Crippen molar-refractivity contribution in [2.75, 3.05) is 13.2 Å². The maximum Gasteiger partial charge on any atom is 0.410 e. The van der Waals surface area contributed by atoms with Crippen molar-refractivity contribution in [2.24, 2.45) is 0 Å². The molecular weight excluding hydrogens is 342 g/mol. The molecule has 0 bridgehead atoms. The van der Waals surface area contributed by atoms with Crippen LogP contribution in [-0.4, -0.2) is 40.8 Å². The molecule has 0 aliphatic heterocycles. The van der Waals surface area contributed by atoms with E-state index < -0.39 is 17.6 Å². The van der Waals surface area contributed by atoms with Gasteiger partial charge in [0.2, 0.25) is 0 Å². The highest BCUT2D eigenvalue weighted by Crippen LogP contribution is 2.45. The van der Waals surface area contributed by atoms with E-state index in [1.54, 1.807) is 6.92 Å². The summed E-state index contributed by atoms with van der Waals surface area (Å²) in [5, 5.41) is 9.62. The van der Waals surface area contributed by atoms with Gasteiger partial charge in [0.1, 0.15) is 12.1 Å². The second-order valence-electron chi connectivity index (χ2n) is 7.24. The van der Waals surface area contributed by atoms with Crippen LogP contribution in [0.3, 0.4) is 0 Å². The monoisotopic (exact) mass is 365 g/mol. The van der Waals surface area contributed by atoms with Crippen LogP contribution in [0.5, 0.6) is 0 Å². The van der Waals surface area contributed by atoms with Gasteiger partial charge in [-0.1, -0.05) is 48.5 Å². The number of hydrogen-bond donors (Lipinski definition) is 1. The van der Waals surface area contributed by atoms with E-state index in [0.717, 1.165) is 17.5 Å². The molecule has 27 heavy (non-hydrogen) atoms. The van der Waals surface area contributed by atoms with Crippen molar-refractivity contribution in [3.8, 4) is 11.1 Å². The quantitative estimate of drug-likeness (QED) is 0.859. The van der Waals surface area contributed by atoms with Crippen LogP contribution < -0.4 is 0 Å². The van der Waals surface area contributed by atoms with Gasteiger partial charge in [0, 0.05) is 12.5 Å². The normalized spacial score (nSPS) is 16.8. The fraction of sp³-hybridized carbons (Fsp3) is 0.364. The van der Waals surface area contributed by atoms with Crippen molar-refractivity contribution in [3.63, 3.8) is 0 Å². The van der Waals surface area contributed by atoms with E-state index in [2.05, 4.69) is 24.3 Å². The van der Waals surface area contributed by atoms with E-state index in [0.29, 0.717) is 19.4 Å². The van der Waals surface area contributed by atoms with Crippen LogP contribution in [-0.2, 0) is 9.53 Å². The zero-order valence-electron chi connectivity index (χ0n) is 15.4. The van der Waals surface area contributed by atoms with E-state index in [1.807, 2.05) is 24.3 Å². The minimum atomic E-state index is -1.10. The maximum absolute atomic E-state index is 12.7. The third-order valence-electron chi connectivity index (χ3n) is 5.97. The van der Waals surface area contributed by atoms with Crippen LogP contribution in [0.2, 0.25) is 0 Å². The lowest BCUT2D eigenvalue weighted by Crippen LogP contribution is -2.61. The third-order valence-corrected chi connectivity index (χ3v) is 5.97. The smallest absolute Gasteiger partial charge is 0.410 e. The fourth-order valence-electron chi connectivity index (χ4n) is 4.39. The van der Waals surface area contributed by atoms with Crippen molar-refractivity contribution >= 4 is 12.1 Å². The first-order chi connectivity index (χ1) is 13.1. The lowest BCUT2D eigenvalue weighted by molar-refractivity contribution is -0.156. The maximum atomic E-state index is 12.7. The molecular formula is C22H23NO4. The van der Waals surface area contributed by atoms with Crippen LogP contribution in [0, 0.1) is 0 Å². The Bertz CT molecular complexity index is 842. The molecule has 1 fully saturated rings. The largest absolute Gasteiger partial charge is 0.479 e. The van der Waals surface area contributed by atoms with Gasteiger partial charge in [0.05, 0.1) is 0 Å². The van der Waals surface area contributed by atoms with Crippen molar-refractivity contribution < 1.29 is 19.4 Å². The molecule has 1 amide bonds. The van der Waals surface area contributed by atoms with Crippen LogP contribution in [0.1, 0.15) is 43.2 Å². The molecule has 2 aromatic rings. The Balaban J connectivity index is 1.55. The molecule has 0 heterocycles. The molecule has 0 aromatic heterocycles. The number of carboxylic acid groups (broad SMARTS) is 1. The summed E-state index contributed by atoms with van der Waals surface area (Å²) in [4.78, 5) is 25.9. The molecule has 2 aliphatic carbocycles. The lowest BCUT2D eigenvalue weighted by atomic mass is 9.75. The first-order valence-electron chi connectivity index (χ1n) is 9.44. The van der Waals surface area contributed by atoms with Crippen molar-refractivity contribution in [2.45, 2.75) is 37.6 Å². The minimum absolute atomic E-state index is 0.0257. The van der Waals surface area contributed by atoms with E-state index in [9.17, 15) is 14.7 Å². The SMILES string of the molecule is CCN(C(=O)OCC1c2ccccc2-c2ccccc21)C1(C(=O)O)CCC1. The zero-order valence-corrected chi connectivity index (χ0v) is 15.4. The molecule has 0 atom stereocenters. The van der Waals surface area contributed by atoms with E-state index >= 15 is 0 Å². The Morgan fingerprint density at radius 3 is 2.07 bits per heavy atom. The van der Waals surface area contributed by atoms with Crippen molar-refractivity contribution in [3.05, 3.63) is 59.7 Å². The number of rotatable bonds is 5. The molecule has 140 valence electrons. The summed E-state index contributed by atoms with van der Waals surface area (Å²) in [7, 11) is 0. The number of aliphatic carboxylic acids is 1. The van der Waals surface area contributed by atoms with E-state index in [-0.39, 0.29) is 12.5 Å². The summed E-state index contributed by atoms with van der Waals surface area (Å²) in [6.45, 7) is 2.33. The molecule has 5 heteroatoms. The highest BCUT2D eigenvalue weighted by atomic mass is 16.6. The second-order valence-corrected chi connectivity index (χ2v) is 7.24. The topological polar surface area (TPSA) is 66.8 Å². The number of hydrogen-bond acceptors (Lipinski definition) is 3. The highest BCUT2D eigenvalue weighted by molar-refractivity contribution is 5.85. The summed E-state index contributed by atoms with van der Waals surface area (Å²) in [6.07, 6.45) is 1.25. The summed E-state index contributed by atoms with van der Waals surface area (Å²) in [5.41, 5.74) is 3.53. The minimum Gasteiger partial charge on any atom is -0.479 e. The highest BCUT2D eigenvalue weighted by Gasteiger charge is 2.51. The summed E-state index contributed by atoms with van der Waals surface area (Å²) < 4.78 is 5.65. The number of likely N-dealkylation sites (N-methyl/N-ethyl adjacent to an activating group) is 1. The van der Waals surface area contributed by atoms with Crippen molar-refractivity contribution in [1.29, 1.82) is 0 Å². The average molecular weight is 365 g/mol. The summed E-state index contributed by atoms with van der Waals surface area (Å²) in [6, 6.07) is 16.3. The van der Waals surface area contributed by atoms with Crippen molar-refractivity contribution in [1.82, 2.24) is 4.90 Å². The molecule has 0 saturated heterocycles. The number of carbonyl (C=O) groups excluding carboxylic acids is 1. The number of ether oxygens (including phenoxy) is 1. The molecule has 0 spiro atoms. The molecule has 2 aromatic carbocycles. The predicted molar refractivity (Wildman–Crippen MR) is 102 cm³/mol. The van der Waals surface area contributed by atoms with Gasteiger partial charge in [-0.3, -0.25) is 4.90 Å². The molecule has 1 saturated carbocycles. The predicted octanol–water partition coefficient (Wildman–Crippen LogP) is 4.26. The standard InChI is InChI=1S/C22H23NO4/c1-2-23(22(20(24)25)12-7-13-22)21(26)27-14-19-17-10-5-3-8-15(17)16-9-4-6-11-18(16)19/h3-6,8-11,19H,2,7,12-14H2,1H3,(H,24,25). The second kappa shape index (κ2) is 6.72. The van der Waals surface area contributed by atoms with Crippen LogP contribution in [0.15, 0.2) is 48.5 Å². The third kappa shape index (κ3) is 2.69. The number of nitrogens with zero attached hydrogens (tertiary/aromatic N) is 1. The Kier molecular flexibility index (Phi) is 4.38. The Morgan fingerprint density at radius 1 is 1.07 bits per heavy atom. The molecule has 2 aliphatic rings. The van der Waals surface area contributed by atoms with E-state index in [4.69, 9.17) is 4.74 Å². The van der Waals surface area contributed by atoms with Gasteiger partial charge in [-0.15, -0.1) is 0 Å². The Labute approximate surface area is 158 Å². The molecule has 0 radical (unpaired) electrons. The first-order valence-corrected chi connectivity index (χ1v) is 9.44. The summed E-state index contributed by atoms with van der Waals surface area (Å²) in [5.74, 6) is -0.966. The van der Waals surface area contributed by atoms with Gasteiger partial charge < -0.3 is 9.84 Å². The Morgan fingerprint density at radius 2 is 1.63 bits per heavy atom. The number of carboxylic acids is 1. The molecule has 1 N–H and O–H groups in total. The number of amides is 1. The first kappa shape index (κ1) is 17.6. The molecule has 0 unspecified atom stereocenters. The number of carbonyl (C=O) groups is 2. The fourth-order valence-corrected chi connectivity index (χ4v) is 4.39. The lowest BCUT2D eigenvalue weighted by Gasteiger charge is -2.45. The van der Waals surface area contributed by atoms with Gasteiger partial charge in [-0.25, -0.2) is 9.59 Å². The number of fused-ring (bicyclic) bond motifs is 3. The van der Waals surface area contributed by atoms with Crippen LogP contribution in [0.4, 0.5) is 4.79 Å².